The van der Waals surface area contributed by atoms with Gasteiger partial charge in [0, 0.05) is 25.7 Å². The van der Waals surface area contributed by atoms with E-state index in [9.17, 15) is 27.2 Å². The van der Waals surface area contributed by atoms with E-state index >= 15 is 0 Å². The van der Waals surface area contributed by atoms with Gasteiger partial charge in [0.15, 0.2) is 5.69 Å². The molecule has 2 aromatic heterocycles. The fraction of sp³-hybridized carbons (Fsp3) is 0.360. The topological polar surface area (TPSA) is 97.6 Å². The molecular weight excluding hydrogens is 496 g/mol. The third-order valence-electron chi connectivity index (χ3n) is 5.88. The Bertz CT molecular complexity index is 1250. The summed E-state index contributed by atoms with van der Waals surface area (Å²) in [6.07, 6.45) is -2.71. The molecule has 3 heterocycles. The predicted octanol–water partition coefficient (Wildman–Crippen LogP) is 5.18. The molecule has 0 saturated carbocycles. The number of carbonyl (C=O) groups is 2. The number of pyridine rings is 1. The van der Waals surface area contributed by atoms with Gasteiger partial charge in [-0.1, -0.05) is 18.2 Å². The number of carbonyl (C=O) groups excluding carboxylic acids is 2. The van der Waals surface area contributed by atoms with Gasteiger partial charge < -0.3 is 19.4 Å². The number of piperidine rings is 1. The van der Waals surface area contributed by atoms with Crippen molar-refractivity contribution in [3.8, 4) is 0 Å². The summed E-state index contributed by atoms with van der Waals surface area (Å²) in [5.41, 5.74) is -1.27. The number of ether oxygens (including phenoxy) is 1. The highest BCUT2D eigenvalue weighted by molar-refractivity contribution is 5.96. The van der Waals surface area contributed by atoms with Gasteiger partial charge in [-0.3, -0.25) is 9.59 Å². The number of nitrogens with one attached hydrogen (secondary N) is 1. The van der Waals surface area contributed by atoms with Gasteiger partial charge in [0.05, 0.1) is 18.2 Å². The van der Waals surface area contributed by atoms with Crippen LogP contribution in [0.5, 0.6) is 0 Å². The largest absolute Gasteiger partial charge is 0.466 e. The number of alkyl halides is 3. The number of Topliss-reactive ketones (excluding diaryl/α,β-unsaturated/α-hetero) is 1. The maximum atomic E-state index is 13.9. The van der Waals surface area contributed by atoms with Gasteiger partial charge in [-0.25, -0.2) is 9.37 Å². The zero-order valence-corrected chi connectivity index (χ0v) is 19.8. The average molecular weight is 520 g/mol. The predicted molar refractivity (Wildman–Crippen MR) is 125 cm³/mol. The fourth-order valence-corrected chi connectivity index (χ4v) is 4.01. The molecule has 37 heavy (non-hydrogen) atoms. The van der Waals surface area contributed by atoms with Crippen LogP contribution < -0.4 is 10.2 Å². The molecule has 196 valence electrons. The molecule has 1 N–H and O–H groups in total. The second-order valence-electron chi connectivity index (χ2n) is 8.44. The minimum atomic E-state index is -4.96. The molecule has 0 aliphatic carbocycles. The molecule has 1 aromatic carbocycles. The molecule has 1 fully saturated rings. The van der Waals surface area contributed by atoms with E-state index in [2.05, 4.69) is 15.3 Å². The highest BCUT2D eigenvalue weighted by Crippen LogP contribution is 2.35. The maximum Gasteiger partial charge on any atom is 0.437 e. The summed E-state index contributed by atoms with van der Waals surface area (Å²) in [7, 11) is 0. The van der Waals surface area contributed by atoms with Crippen molar-refractivity contribution in [3.63, 3.8) is 0 Å². The van der Waals surface area contributed by atoms with Gasteiger partial charge in [0.1, 0.15) is 11.6 Å². The van der Waals surface area contributed by atoms with E-state index in [0.29, 0.717) is 43.9 Å². The zero-order valence-electron chi connectivity index (χ0n) is 19.8. The van der Waals surface area contributed by atoms with Gasteiger partial charge in [-0.05, 0) is 43.5 Å². The van der Waals surface area contributed by atoms with Crippen LogP contribution >= 0.6 is 0 Å². The first-order valence-electron chi connectivity index (χ1n) is 11.6. The Hall–Kier alpha value is -3.96. The minimum absolute atomic E-state index is 0.150. The number of ketones is 1. The smallest absolute Gasteiger partial charge is 0.437 e. The first-order chi connectivity index (χ1) is 17.7. The summed E-state index contributed by atoms with van der Waals surface area (Å²) in [4.78, 5) is 34.3. The molecule has 1 saturated heterocycles. The highest BCUT2D eigenvalue weighted by atomic mass is 19.4. The lowest BCUT2D eigenvalue weighted by Crippen LogP contribution is -2.37. The summed E-state index contributed by atoms with van der Waals surface area (Å²) >= 11 is 0. The third-order valence-corrected chi connectivity index (χ3v) is 5.88. The van der Waals surface area contributed by atoms with E-state index in [4.69, 9.17) is 9.15 Å². The molecule has 0 radical (unpaired) electrons. The Kier molecular flexibility index (Phi) is 7.74. The monoisotopic (exact) mass is 520 g/mol. The summed E-state index contributed by atoms with van der Waals surface area (Å²) in [5.74, 6) is -2.39. The average Bonchev–Trinajstić information content (AvgIpc) is 3.31. The van der Waals surface area contributed by atoms with Gasteiger partial charge in [-0.2, -0.15) is 18.2 Å². The van der Waals surface area contributed by atoms with Crippen molar-refractivity contribution in [1.29, 1.82) is 0 Å². The number of esters is 1. The number of nitrogens with zero attached hydrogens (tertiary/aromatic N) is 3. The fourth-order valence-electron chi connectivity index (χ4n) is 4.01. The second-order valence-corrected chi connectivity index (χ2v) is 8.44. The van der Waals surface area contributed by atoms with E-state index in [1.165, 1.54) is 24.4 Å². The number of hydrogen-bond acceptors (Lipinski definition) is 8. The van der Waals surface area contributed by atoms with Crippen LogP contribution in [0.3, 0.4) is 0 Å². The molecule has 8 nitrogen and oxygen atoms in total. The molecule has 0 amide bonds. The van der Waals surface area contributed by atoms with Gasteiger partial charge >= 0.3 is 12.1 Å². The third kappa shape index (κ3) is 6.25. The van der Waals surface area contributed by atoms with Crippen LogP contribution in [0.2, 0.25) is 0 Å². The summed E-state index contributed by atoms with van der Waals surface area (Å²) in [6.45, 7) is 3.29. The van der Waals surface area contributed by atoms with Crippen LogP contribution in [0.4, 0.5) is 35.1 Å². The van der Waals surface area contributed by atoms with Gasteiger partial charge in [0.2, 0.25) is 11.5 Å². The lowest BCUT2D eigenvalue weighted by molar-refractivity contribution is -0.148. The molecule has 4 rings (SSSR count). The van der Waals surface area contributed by atoms with Crippen LogP contribution in [-0.4, -0.2) is 41.4 Å². The quantitative estimate of drug-likeness (QED) is 0.247. The normalized spacial score (nSPS) is 14.5. The first kappa shape index (κ1) is 26.1. The van der Waals surface area contributed by atoms with E-state index < -0.39 is 41.7 Å². The molecule has 1 aliphatic heterocycles. The van der Waals surface area contributed by atoms with Crippen LogP contribution in [0.15, 0.2) is 47.0 Å². The molecule has 0 spiro atoms. The summed E-state index contributed by atoms with van der Waals surface area (Å²) in [6, 6.07) is 7.91. The molecule has 0 bridgehead atoms. The number of halogens is 4. The minimum Gasteiger partial charge on any atom is -0.466 e. The van der Waals surface area contributed by atoms with Crippen molar-refractivity contribution in [2.75, 3.05) is 29.9 Å². The Morgan fingerprint density at radius 2 is 1.89 bits per heavy atom. The van der Waals surface area contributed by atoms with Crippen molar-refractivity contribution in [3.05, 3.63) is 65.4 Å². The molecule has 0 unspecified atom stereocenters. The Labute approximate surface area is 209 Å². The summed E-state index contributed by atoms with van der Waals surface area (Å²) < 4.78 is 64.6. The van der Waals surface area contributed by atoms with Crippen LogP contribution in [0, 0.1) is 11.7 Å². The van der Waals surface area contributed by atoms with Gasteiger partial charge in [0.25, 0.3) is 6.01 Å². The lowest BCUT2D eigenvalue weighted by atomic mass is 9.97. The number of para-hydroxylation sites is 1. The van der Waals surface area contributed by atoms with E-state index in [1.807, 2.05) is 4.90 Å². The first-order valence-corrected chi connectivity index (χ1v) is 11.6. The molecule has 3 aromatic rings. The van der Waals surface area contributed by atoms with E-state index in [1.54, 1.807) is 19.1 Å². The number of aromatic nitrogens is 2. The standard InChI is InChI=1S/C25H24F4N4O4/c1-2-36-23(35)16-9-11-33(12-10-16)20-8-7-15(14-30-20)13-19(34)21-22(25(27,28)29)32-24(37-21)31-18-6-4-3-5-17(18)26/h3-8,14,16H,2,9-13H2,1H3,(H,31,32). The number of oxazole rings is 1. The van der Waals surface area contributed by atoms with Crippen molar-refractivity contribution in [2.24, 2.45) is 5.92 Å². The lowest BCUT2D eigenvalue weighted by Gasteiger charge is -2.31. The number of hydrogen-bond donors (Lipinski definition) is 1. The van der Waals surface area contributed by atoms with Crippen LogP contribution in [-0.2, 0) is 22.1 Å². The van der Waals surface area contributed by atoms with Crippen LogP contribution in [0.1, 0.15) is 41.6 Å². The number of anilines is 3. The van der Waals surface area contributed by atoms with Crippen LogP contribution in [0.25, 0.3) is 0 Å². The second kappa shape index (κ2) is 11.0. The molecular formula is C25H24F4N4O4. The molecule has 12 heteroatoms. The molecule has 0 atom stereocenters. The number of benzene rings is 1. The van der Waals surface area contributed by atoms with Crippen molar-refractivity contribution < 1.29 is 36.3 Å². The van der Waals surface area contributed by atoms with Crippen molar-refractivity contribution in [1.82, 2.24) is 9.97 Å². The Balaban J connectivity index is 1.43. The van der Waals surface area contributed by atoms with E-state index in [-0.39, 0.29) is 17.6 Å². The Morgan fingerprint density at radius 1 is 1.16 bits per heavy atom. The SMILES string of the molecule is CCOC(=O)C1CCN(c2ccc(CC(=O)c3oc(Nc4ccccc4F)nc3C(F)(F)F)cn2)CC1. The zero-order chi connectivity index (χ0) is 26.6. The molecule has 1 aliphatic rings. The van der Waals surface area contributed by atoms with Crippen molar-refractivity contribution >= 4 is 29.3 Å². The van der Waals surface area contributed by atoms with Crippen molar-refractivity contribution in [2.45, 2.75) is 32.4 Å². The summed E-state index contributed by atoms with van der Waals surface area (Å²) in [5, 5.41) is 2.33. The Morgan fingerprint density at radius 3 is 2.51 bits per heavy atom. The maximum absolute atomic E-state index is 13.9. The highest BCUT2D eigenvalue weighted by Gasteiger charge is 2.41. The van der Waals surface area contributed by atoms with Gasteiger partial charge in [-0.15, -0.1) is 0 Å². The number of rotatable bonds is 8. The van der Waals surface area contributed by atoms with E-state index in [0.717, 1.165) is 6.07 Å².